The van der Waals surface area contributed by atoms with E-state index in [0.29, 0.717) is 17.9 Å². The van der Waals surface area contributed by atoms with Crippen molar-refractivity contribution in [2.24, 2.45) is 5.92 Å². The van der Waals surface area contributed by atoms with E-state index in [9.17, 15) is 20.2 Å². The molecule has 0 radical (unpaired) electrons. The average Bonchev–Trinajstić information content (AvgIpc) is 2.65. The Kier molecular flexibility index (Phi) is 7.59. The topological polar surface area (TPSA) is 105 Å². The lowest BCUT2D eigenvalue weighted by Crippen LogP contribution is -2.13. The molecule has 2 aromatic carbocycles. The van der Waals surface area contributed by atoms with Gasteiger partial charge in [0.05, 0.1) is 21.6 Å². The van der Waals surface area contributed by atoms with Gasteiger partial charge in [-0.15, -0.1) is 0 Å². The largest absolute Gasteiger partial charge is 0.490 e. The zero-order chi connectivity index (χ0) is 21.6. The molecule has 0 aliphatic heterocycles. The maximum absolute atomic E-state index is 12.4. The summed E-state index contributed by atoms with van der Waals surface area (Å²) in [6, 6.07) is 10.3. The lowest BCUT2D eigenvalue weighted by atomic mass is 10.1. The molecule has 1 amide bonds. The highest BCUT2D eigenvalue weighted by atomic mass is 35.5. The molecular formula is C20H17Cl2N3O4. The van der Waals surface area contributed by atoms with Gasteiger partial charge in [-0.1, -0.05) is 43.1 Å². The summed E-state index contributed by atoms with van der Waals surface area (Å²) in [5.41, 5.74) is 0.224. The molecule has 150 valence electrons. The Morgan fingerprint density at radius 1 is 1.31 bits per heavy atom. The molecule has 1 N–H and O–H groups in total. The van der Waals surface area contributed by atoms with Crippen LogP contribution in [0.4, 0.5) is 11.4 Å². The lowest BCUT2D eigenvalue weighted by molar-refractivity contribution is -0.384. The van der Waals surface area contributed by atoms with E-state index < -0.39 is 10.8 Å². The van der Waals surface area contributed by atoms with Crippen LogP contribution in [0.15, 0.2) is 42.0 Å². The maximum atomic E-state index is 12.4. The Morgan fingerprint density at radius 2 is 1.97 bits per heavy atom. The number of nitriles is 1. The van der Waals surface area contributed by atoms with Gasteiger partial charge in [0.1, 0.15) is 11.6 Å². The first-order chi connectivity index (χ1) is 13.7. The van der Waals surface area contributed by atoms with Gasteiger partial charge in [0.15, 0.2) is 5.75 Å². The van der Waals surface area contributed by atoms with Gasteiger partial charge in [-0.2, -0.15) is 5.26 Å². The highest BCUT2D eigenvalue weighted by Crippen LogP contribution is 2.35. The smallest absolute Gasteiger partial charge is 0.271 e. The van der Waals surface area contributed by atoms with Crippen molar-refractivity contribution in [2.75, 3.05) is 11.9 Å². The molecule has 0 saturated heterocycles. The highest BCUT2D eigenvalue weighted by molar-refractivity contribution is 6.37. The van der Waals surface area contributed by atoms with Crippen molar-refractivity contribution in [3.63, 3.8) is 0 Å². The lowest BCUT2D eigenvalue weighted by Gasteiger charge is -2.12. The number of nitrogens with zero attached hydrogens (tertiary/aromatic N) is 2. The summed E-state index contributed by atoms with van der Waals surface area (Å²) in [4.78, 5) is 22.6. The minimum Gasteiger partial charge on any atom is -0.490 e. The molecule has 0 heterocycles. The van der Waals surface area contributed by atoms with Crippen LogP contribution < -0.4 is 10.1 Å². The second-order valence-electron chi connectivity index (χ2n) is 6.45. The summed E-state index contributed by atoms with van der Waals surface area (Å²) in [6.07, 6.45) is 1.32. The molecule has 9 heteroatoms. The third-order valence-electron chi connectivity index (χ3n) is 3.57. The third kappa shape index (κ3) is 6.21. The van der Waals surface area contributed by atoms with Gasteiger partial charge in [0.25, 0.3) is 11.6 Å². The van der Waals surface area contributed by atoms with Crippen LogP contribution >= 0.6 is 23.2 Å². The number of amides is 1. The van der Waals surface area contributed by atoms with E-state index >= 15 is 0 Å². The Hall–Kier alpha value is -3.08. The number of halogens is 2. The van der Waals surface area contributed by atoms with E-state index in [4.69, 9.17) is 27.9 Å². The summed E-state index contributed by atoms with van der Waals surface area (Å²) in [6.45, 7) is 4.40. The van der Waals surface area contributed by atoms with Gasteiger partial charge in [-0.3, -0.25) is 14.9 Å². The predicted octanol–water partition coefficient (Wildman–Crippen LogP) is 5.48. The number of hydrogen-bond acceptors (Lipinski definition) is 5. The van der Waals surface area contributed by atoms with Crippen LogP contribution in [-0.4, -0.2) is 17.4 Å². The van der Waals surface area contributed by atoms with Crippen molar-refractivity contribution in [1.82, 2.24) is 0 Å². The zero-order valence-corrected chi connectivity index (χ0v) is 17.1. The highest BCUT2D eigenvalue weighted by Gasteiger charge is 2.14. The maximum Gasteiger partial charge on any atom is 0.271 e. The SMILES string of the molecule is CC(C)COc1c(Cl)cc(/C=C(\C#N)C(=O)Nc2cccc([N+](=O)[O-])c2)cc1Cl. The number of hydrogen-bond donors (Lipinski definition) is 1. The molecule has 0 fully saturated rings. The van der Waals surface area contributed by atoms with E-state index in [1.807, 2.05) is 13.8 Å². The monoisotopic (exact) mass is 433 g/mol. The number of non-ortho nitro benzene ring substituents is 1. The number of benzene rings is 2. The van der Waals surface area contributed by atoms with Crippen molar-refractivity contribution in [1.29, 1.82) is 5.26 Å². The van der Waals surface area contributed by atoms with Crippen LogP contribution in [0.1, 0.15) is 19.4 Å². The molecule has 0 unspecified atom stereocenters. The fourth-order valence-electron chi connectivity index (χ4n) is 2.26. The van der Waals surface area contributed by atoms with Crippen molar-refractivity contribution < 1.29 is 14.5 Å². The number of carbonyl (C=O) groups is 1. The van der Waals surface area contributed by atoms with E-state index in [1.165, 1.54) is 42.5 Å². The number of carbonyl (C=O) groups excluding carboxylic acids is 1. The molecular weight excluding hydrogens is 417 g/mol. The molecule has 2 rings (SSSR count). The summed E-state index contributed by atoms with van der Waals surface area (Å²) in [5, 5.41) is 23.1. The Bertz CT molecular complexity index is 990. The first kappa shape index (κ1) is 22.2. The molecule has 0 bridgehead atoms. The summed E-state index contributed by atoms with van der Waals surface area (Å²) in [5.74, 6) is -0.108. The molecule has 0 saturated carbocycles. The molecule has 2 aromatic rings. The second-order valence-corrected chi connectivity index (χ2v) is 7.26. The molecule has 29 heavy (non-hydrogen) atoms. The first-order valence-corrected chi connectivity index (χ1v) is 9.26. The van der Waals surface area contributed by atoms with E-state index in [2.05, 4.69) is 5.32 Å². The van der Waals surface area contributed by atoms with Crippen LogP contribution in [0, 0.1) is 27.4 Å². The quantitative estimate of drug-likeness (QED) is 0.269. The number of nitro groups is 1. The molecule has 0 aliphatic carbocycles. The van der Waals surface area contributed by atoms with Gasteiger partial charge in [-0.25, -0.2) is 0 Å². The zero-order valence-electron chi connectivity index (χ0n) is 15.6. The Morgan fingerprint density at radius 3 is 2.52 bits per heavy atom. The van der Waals surface area contributed by atoms with Crippen molar-refractivity contribution in [3.05, 3.63) is 67.7 Å². The van der Waals surface area contributed by atoms with Crippen LogP contribution in [0.3, 0.4) is 0 Å². The van der Waals surface area contributed by atoms with Crippen LogP contribution in [0.5, 0.6) is 5.75 Å². The van der Waals surface area contributed by atoms with Crippen molar-refractivity contribution in [3.8, 4) is 11.8 Å². The normalized spacial score (nSPS) is 11.1. The number of nitro benzene ring substituents is 1. The van der Waals surface area contributed by atoms with Crippen LogP contribution in [0.2, 0.25) is 10.0 Å². The van der Waals surface area contributed by atoms with Crippen molar-refractivity contribution >= 4 is 46.6 Å². The van der Waals surface area contributed by atoms with Gasteiger partial charge in [0.2, 0.25) is 0 Å². The first-order valence-electron chi connectivity index (χ1n) is 8.50. The van der Waals surface area contributed by atoms with E-state index in [0.717, 1.165) is 0 Å². The minimum atomic E-state index is -0.722. The van der Waals surface area contributed by atoms with Gasteiger partial charge in [0, 0.05) is 17.8 Å². The molecule has 0 atom stereocenters. The Balaban J connectivity index is 2.25. The van der Waals surface area contributed by atoms with Gasteiger partial charge < -0.3 is 10.1 Å². The fraction of sp³-hybridized carbons (Fsp3) is 0.200. The predicted molar refractivity (Wildman–Crippen MR) is 112 cm³/mol. The minimum absolute atomic E-state index is 0.180. The van der Waals surface area contributed by atoms with E-state index in [1.54, 1.807) is 6.07 Å². The molecule has 0 aliphatic rings. The molecule has 0 spiro atoms. The molecule has 7 nitrogen and oxygen atoms in total. The van der Waals surface area contributed by atoms with Gasteiger partial charge in [-0.05, 0) is 35.8 Å². The van der Waals surface area contributed by atoms with Crippen LogP contribution in [-0.2, 0) is 4.79 Å². The standard InChI is InChI=1S/C20H17Cl2N3O4/c1-12(2)11-29-19-17(21)7-13(8-18(19)22)6-14(10-23)20(26)24-15-4-3-5-16(9-15)25(27)28/h3-9,12H,11H2,1-2H3,(H,24,26)/b14-6+. The second kappa shape index (κ2) is 9.92. The summed E-state index contributed by atoms with van der Waals surface area (Å²) >= 11 is 12.4. The number of rotatable bonds is 7. The van der Waals surface area contributed by atoms with Gasteiger partial charge >= 0.3 is 0 Å². The summed E-state index contributed by atoms with van der Waals surface area (Å²) in [7, 11) is 0. The summed E-state index contributed by atoms with van der Waals surface area (Å²) < 4.78 is 5.59. The van der Waals surface area contributed by atoms with E-state index in [-0.39, 0.29) is 32.9 Å². The number of ether oxygens (including phenoxy) is 1. The number of nitrogens with one attached hydrogen (secondary N) is 1. The fourth-order valence-corrected chi connectivity index (χ4v) is 2.87. The number of anilines is 1. The van der Waals surface area contributed by atoms with Crippen LogP contribution in [0.25, 0.3) is 6.08 Å². The Labute approximate surface area is 177 Å². The van der Waals surface area contributed by atoms with Crippen molar-refractivity contribution in [2.45, 2.75) is 13.8 Å². The third-order valence-corrected chi connectivity index (χ3v) is 4.13. The molecule has 0 aromatic heterocycles. The average molecular weight is 434 g/mol.